The molecule has 8 heteroatoms. The molecule has 0 radical (unpaired) electrons. The molecule has 1 unspecified atom stereocenters. The van der Waals surface area contributed by atoms with Gasteiger partial charge >= 0.3 is 0 Å². The van der Waals surface area contributed by atoms with Gasteiger partial charge in [-0.15, -0.1) is 0 Å². The normalized spacial score (nSPS) is 19.0. The topological polar surface area (TPSA) is 107 Å². The first-order valence-corrected chi connectivity index (χ1v) is 7.20. The zero-order valence-electron chi connectivity index (χ0n) is 12.1. The molecule has 8 nitrogen and oxygen atoms in total. The van der Waals surface area contributed by atoms with Crippen LogP contribution in [0.5, 0.6) is 0 Å². The lowest BCUT2D eigenvalue weighted by molar-refractivity contribution is -0.131. The Hall–Kier alpha value is -2.32. The second-order valence-electron chi connectivity index (χ2n) is 5.22. The number of H-pyrrole nitrogens is 1. The molecule has 3 N–H and O–H groups in total. The Kier molecular flexibility index (Phi) is 4.40. The monoisotopic (exact) mass is 302 g/mol. The fourth-order valence-corrected chi connectivity index (χ4v) is 2.38. The van der Waals surface area contributed by atoms with Gasteiger partial charge in [0.2, 0.25) is 5.91 Å². The summed E-state index contributed by atoms with van der Waals surface area (Å²) in [5.41, 5.74) is 0.847. The molecule has 1 fully saturated rings. The molecule has 3 rings (SSSR count). The number of hydrogen-bond donors (Lipinski definition) is 3. The Morgan fingerprint density at radius 2 is 2.23 bits per heavy atom. The maximum Gasteiger partial charge on any atom is 0.230 e. The third-order valence-electron chi connectivity index (χ3n) is 3.51. The summed E-state index contributed by atoms with van der Waals surface area (Å²) in [6.45, 7) is 2.12. The van der Waals surface area contributed by atoms with Crippen LogP contribution in [0.4, 0.5) is 0 Å². The second kappa shape index (κ2) is 6.63. The Balaban J connectivity index is 1.66. The number of hydrogen-bond acceptors (Lipinski definition) is 6. The van der Waals surface area contributed by atoms with E-state index in [1.807, 2.05) is 12.1 Å². The Labute approximate surface area is 127 Å². The van der Waals surface area contributed by atoms with E-state index in [4.69, 9.17) is 0 Å². The highest BCUT2D eigenvalue weighted by Crippen LogP contribution is 2.13. The minimum atomic E-state index is -0.534. The Morgan fingerprint density at radius 3 is 3.05 bits per heavy atom. The molecule has 3 heterocycles. The van der Waals surface area contributed by atoms with Crippen LogP contribution in [-0.4, -0.2) is 68.4 Å². The van der Waals surface area contributed by atoms with E-state index in [1.165, 1.54) is 0 Å². The number of carbonyl (C=O) groups is 1. The first-order valence-electron chi connectivity index (χ1n) is 7.20. The van der Waals surface area contributed by atoms with Crippen LogP contribution in [0.1, 0.15) is 5.82 Å². The lowest BCUT2D eigenvalue weighted by Gasteiger charge is -2.21. The fourth-order valence-electron chi connectivity index (χ4n) is 2.38. The summed E-state index contributed by atoms with van der Waals surface area (Å²) in [4.78, 5) is 22.2. The van der Waals surface area contributed by atoms with E-state index in [9.17, 15) is 9.90 Å². The van der Waals surface area contributed by atoms with Crippen LogP contribution in [0, 0.1) is 0 Å². The van der Waals surface area contributed by atoms with Gasteiger partial charge in [-0.3, -0.25) is 14.9 Å². The van der Waals surface area contributed by atoms with E-state index >= 15 is 0 Å². The fraction of sp³-hybridized carbons (Fsp3) is 0.429. The molecule has 1 amide bonds. The largest absolute Gasteiger partial charge is 0.390 e. The molecule has 1 atom stereocenters. The molecule has 1 aliphatic heterocycles. The number of pyridine rings is 1. The van der Waals surface area contributed by atoms with Gasteiger partial charge in [0.15, 0.2) is 5.82 Å². The van der Waals surface area contributed by atoms with Crippen molar-refractivity contribution in [3.05, 3.63) is 30.4 Å². The molecule has 22 heavy (non-hydrogen) atoms. The van der Waals surface area contributed by atoms with Crippen molar-refractivity contribution in [3.63, 3.8) is 0 Å². The van der Waals surface area contributed by atoms with E-state index in [0.717, 1.165) is 5.56 Å². The number of amides is 1. The Morgan fingerprint density at radius 1 is 1.41 bits per heavy atom. The standard InChI is InChI=1S/C14H18N6O2/c21-11-8-16-5-6-20(9-11)13(22)7-12-17-14(19-18-12)10-1-3-15-4-2-10/h1-4,11,16,21H,5-9H2,(H,17,18,19). The van der Waals surface area contributed by atoms with Gasteiger partial charge in [0.05, 0.1) is 12.5 Å². The van der Waals surface area contributed by atoms with Crippen molar-refractivity contribution in [2.24, 2.45) is 0 Å². The second-order valence-corrected chi connectivity index (χ2v) is 5.22. The third kappa shape index (κ3) is 3.46. The lowest BCUT2D eigenvalue weighted by atomic mass is 10.2. The van der Waals surface area contributed by atoms with Gasteiger partial charge in [0.25, 0.3) is 0 Å². The van der Waals surface area contributed by atoms with Crippen molar-refractivity contribution in [1.29, 1.82) is 0 Å². The third-order valence-corrected chi connectivity index (χ3v) is 3.51. The van der Waals surface area contributed by atoms with Crippen molar-refractivity contribution in [1.82, 2.24) is 30.4 Å². The summed E-state index contributed by atoms with van der Waals surface area (Å²) >= 11 is 0. The number of aliphatic hydroxyl groups excluding tert-OH is 1. The van der Waals surface area contributed by atoms with Crippen molar-refractivity contribution in [2.75, 3.05) is 26.2 Å². The van der Waals surface area contributed by atoms with E-state index in [-0.39, 0.29) is 12.3 Å². The van der Waals surface area contributed by atoms with Crippen LogP contribution < -0.4 is 5.32 Å². The van der Waals surface area contributed by atoms with E-state index in [2.05, 4.69) is 25.5 Å². The molecule has 2 aromatic heterocycles. The summed E-state index contributed by atoms with van der Waals surface area (Å²) < 4.78 is 0. The molecule has 2 aromatic rings. The predicted molar refractivity (Wildman–Crippen MR) is 78.8 cm³/mol. The lowest BCUT2D eigenvalue weighted by Crippen LogP contribution is -2.38. The zero-order valence-corrected chi connectivity index (χ0v) is 12.1. The first kappa shape index (κ1) is 14.6. The van der Waals surface area contributed by atoms with Crippen molar-refractivity contribution in [2.45, 2.75) is 12.5 Å². The number of carbonyl (C=O) groups excluding carboxylic acids is 1. The minimum absolute atomic E-state index is 0.0693. The number of nitrogens with zero attached hydrogens (tertiary/aromatic N) is 4. The van der Waals surface area contributed by atoms with Crippen LogP contribution in [0.3, 0.4) is 0 Å². The van der Waals surface area contributed by atoms with Crippen molar-refractivity contribution >= 4 is 5.91 Å². The van der Waals surface area contributed by atoms with Gasteiger partial charge < -0.3 is 15.3 Å². The number of aromatic nitrogens is 4. The van der Waals surface area contributed by atoms with Gasteiger partial charge in [-0.1, -0.05) is 0 Å². The maximum absolute atomic E-state index is 12.3. The quantitative estimate of drug-likeness (QED) is 0.685. The molecule has 0 spiro atoms. The molecule has 1 aliphatic rings. The molecule has 0 bridgehead atoms. The summed E-state index contributed by atoms with van der Waals surface area (Å²) in [6, 6.07) is 3.62. The van der Waals surface area contributed by atoms with Gasteiger partial charge in [-0.05, 0) is 12.1 Å². The molecule has 1 saturated heterocycles. The zero-order chi connectivity index (χ0) is 15.4. The minimum Gasteiger partial charge on any atom is -0.390 e. The molecule has 0 aromatic carbocycles. The highest BCUT2D eigenvalue weighted by molar-refractivity contribution is 5.78. The summed E-state index contributed by atoms with van der Waals surface area (Å²) in [5.74, 6) is 0.992. The molecule has 116 valence electrons. The van der Waals surface area contributed by atoms with Gasteiger partial charge in [0.1, 0.15) is 5.82 Å². The SMILES string of the molecule is O=C(Cc1nc(-c2ccncc2)n[nH]1)N1CCNCC(O)C1. The smallest absolute Gasteiger partial charge is 0.230 e. The van der Waals surface area contributed by atoms with E-state index in [1.54, 1.807) is 17.3 Å². The van der Waals surface area contributed by atoms with Gasteiger partial charge in [-0.25, -0.2) is 4.98 Å². The number of aliphatic hydroxyl groups is 1. The van der Waals surface area contributed by atoms with E-state index < -0.39 is 6.10 Å². The number of β-amino-alcohol motifs (C(OH)–C–C–N with tert-alkyl or cyclic N) is 1. The molecule has 0 saturated carbocycles. The summed E-state index contributed by atoms with van der Waals surface area (Å²) in [5, 5.41) is 19.7. The van der Waals surface area contributed by atoms with Crippen LogP contribution in [0.15, 0.2) is 24.5 Å². The van der Waals surface area contributed by atoms with E-state index in [0.29, 0.717) is 37.8 Å². The highest BCUT2D eigenvalue weighted by atomic mass is 16.3. The average Bonchev–Trinajstić information content (AvgIpc) is 2.88. The van der Waals surface area contributed by atoms with Crippen LogP contribution >= 0.6 is 0 Å². The molecular formula is C14H18N6O2. The summed E-state index contributed by atoms with van der Waals surface area (Å²) in [6.07, 6.45) is 2.95. The molecule has 0 aliphatic carbocycles. The van der Waals surface area contributed by atoms with Crippen molar-refractivity contribution in [3.8, 4) is 11.4 Å². The van der Waals surface area contributed by atoms with Crippen LogP contribution in [-0.2, 0) is 11.2 Å². The highest BCUT2D eigenvalue weighted by Gasteiger charge is 2.21. The maximum atomic E-state index is 12.3. The van der Waals surface area contributed by atoms with Crippen LogP contribution in [0.2, 0.25) is 0 Å². The predicted octanol–water partition coefficient (Wildman–Crippen LogP) is -0.798. The number of rotatable bonds is 3. The Bertz CT molecular complexity index is 629. The molecular weight excluding hydrogens is 284 g/mol. The first-order chi connectivity index (χ1) is 10.7. The van der Waals surface area contributed by atoms with Crippen molar-refractivity contribution < 1.29 is 9.90 Å². The average molecular weight is 302 g/mol. The van der Waals surface area contributed by atoms with Gasteiger partial charge in [-0.2, -0.15) is 5.10 Å². The van der Waals surface area contributed by atoms with Crippen LogP contribution in [0.25, 0.3) is 11.4 Å². The number of nitrogens with one attached hydrogen (secondary N) is 2. The summed E-state index contributed by atoms with van der Waals surface area (Å²) in [7, 11) is 0. The number of aromatic amines is 1. The van der Waals surface area contributed by atoms with Gasteiger partial charge in [0, 0.05) is 44.1 Å².